The number of aromatic amines is 1. The highest BCUT2D eigenvalue weighted by molar-refractivity contribution is 5.92. The van der Waals surface area contributed by atoms with E-state index in [4.69, 9.17) is 5.73 Å². The van der Waals surface area contributed by atoms with Gasteiger partial charge in [0.05, 0.1) is 12.4 Å². The molecule has 1 aromatic rings. The molecule has 27 heavy (non-hydrogen) atoms. The number of amides is 2. The van der Waals surface area contributed by atoms with Gasteiger partial charge in [-0.15, -0.1) is 0 Å². The van der Waals surface area contributed by atoms with Crippen LogP contribution in [0, 0.1) is 11.8 Å². The Morgan fingerprint density at radius 3 is 2.37 bits per heavy atom. The molecular formula is C18H31N5O4. The molecule has 0 aliphatic rings. The molecule has 4 atom stereocenters. The Morgan fingerprint density at radius 1 is 1.22 bits per heavy atom. The summed E-state index contributed by atoms with van der Waals surface area (Å²) in [4.78, 5) is 43.4. The lowest BCUT2D eigenvalue weighted by Crippen LogP contribution is -2.56. The molecule has 4 unspecified atom stereocenters. The van der Waals surface area contributed by atoms with Gasteiger partial charge >= 0.3 is 5.97 Å². The molecule has 9 heteroatoms. The largest absolute Gasteiger partial charge is 0.480 e. The Bertz CT molecular complexity index is 617. The normalized spacial score (nSPS) is 15.6. The molecule has 0 aromatic carbocycles. The lowest BCUT2D eigenvalue weighted by Gasteiger charge is -2.25. The van der Waals surface area contributed by atoms with E-state index in [0.717, 1.165) is 0 Å². The van der Waals surface area contributed by atoms with E-state index in [1.54, 1.807) is 13.1 Å². The molecule has 152 valence electrons. The van der Waals surface area contributed by atoms with Crippen molar-refractivity contribution in [3.8, 4) is 0 Å². The number of hydrogen-bond donors (Lipinski definition) is 5. The second-order valence-corrected chi connectivity index (χ2v) is 7.29. The van der Waals surface area contributed by atoms with Crippen LogP contribution < -0.4 is 16.4 Å². The minimum Gasteiger partial charge on any atom is -0.480 e. The van der Waals surface area contributed by atoms with E-state index in [2.05, 4.69) is 20.6 Å². The van der Waals surface area contributed by atoms with Crippen LogP contribution in [0.2, 0.25) is 0 Å². The summed E-state index contributed by atoms with van der Waals surface area (Å²) in [5.41, 5.74) is 6.54. The van der Waals surface area contributed by atoms with Crippen LogP contribution in [0.25, 0.3) is 0 Å². The average molecular weight is 381 g/mol. The second-order valence-electron chi connectivity index (χ2n) is 7.29. The number of aromatic nitrogens is 2. The summed E-state index contributed by atoms with van der Waals surface area (Å²) in [6.07, 6.45) is 4.24. The summed E-state index contributed by atoms with van der Waals surface area (Å²) in [6.45, 7) is 7.50. The van der Waals surface area contributed by atoms with Gasteiger partial charge in [0.15, 0.2) is 0 Å². The fraction of sp³-hybridized carbons (Fsp3) is 0.667. The number of nitrogens with zero attached hydrogens (tertiary/aromatic N) is 1. The van der Waals surface area contributed by atoms with Crippen molar-refractivity contribution in [2.75, 3.05) is 0 Å². The van der Waals surface area contributed by atoms with Crippen LogP contribution in [0.5, 0.6) is 0 Å². The van der Waals surface area contributed by atoms with Crippen LogP contribution in [0.4, 0.5) is 0 Å². The quantitative estimate of drug-likeness (QED) is 0.375. The number of nitrogens with two attached hydrogens (primary N) is 1. The summed E-state index contributed by atoms with van der Waals surface area (Å²) in [7, 11) is 0. The summed E-state index contributed by atoms with van der Waals surface area (Å²) < 4.78 is 0. The van der Waals surface area contributed by atoms with Crippen LogP contribution in [-0.4, -0.2) is 51.0 Å². The van der Waals surface area contributed by atoms with Crippen molar-refractivity contribution in [2.45, 2.75) is 65.1 Å². The number of imidazole rings is 1. The number of H-pyrrole nitrogens is 1. The maximum atomic E-state index is 12.7. The molecule has 0 spiro atoms. The number of carboxylic acids is 1. The van der Waals surface area contributed by atoms with Crippen LogP contribution in [0.1, 0.15) is 46.2 Å². The van der Waals surface area contributed by atoms with E-state index in [0.29, 0.717) is 18.5 Å². The van der Waals surface area contributed by atoms with Crippen molar-refractivity contribution in [3.05, 3.63) is 18.2 Å². The van der Waals surface area contributed by atoms with E-state index in [1.165, 1.54) is 6.33 Å². The predicted molar refractivity (Wildman–Crippen MR) is 101 cm³/mol. The van der Waals surface area contributed by atoms with Gasteiger partial charge in [0.1, 0.15) is 12.1 Å². The highest BCUT2D eigenvalue weighted by Crippen LogP contribution is 2.10. The van der Waals surface area contributed by atoms with E-state index < -0.39 is 35.9 Å². The fourth-order valence-corrected chi connectivity index (χ4v) is 2.66. The Kier molecular flexibility index (Phi) is 8.93. The Hall–Kier alpha value is -2.42. The van der Waals surface area contributed by atoms with Crippen molar-refractivity contribution in [2.24, 2.45) is 17.6 Å². The average Bonchev–Trinajstić information content (AvgIpc) is 3.10. The van der Waals surface area contributed by atoms with Gasteiger partial charge < -0.3 is 26.5 Å². The Morgan fingerprint density at radius 2 is 1.89 bits per heavy atom. The van der Waals surface area contributed by atoms with Crippen molar-refractivity contribution >= 4 is 17.8 Å². The molecule has 0 fully saturated rings. The zero-order chi connectivity index (χ0) is 20.6. The maximum Gasteiger partial charge on any atom is 0.326 e. The molecule has 0 radical (unpaired) electrons. The van der Waals surface area contributed by atoms with Gasteiger partial charge in [0, 0.05) is 18.3 Å². The second kappa shape index (κ2) is 10.7. The first kappa shape index (κ1) is 22.6. The van der Waals surface area contributed by atoms with Crippen molar-refractivity contribution in [3.63, 3.8) is 0 Å². The van der Waals surface area contributed by atoms with Gasteiger partial charge in [-0.05, 0) is 18.3 Å². The molecular weight excluding hydrogens is 350 g/mol. The summed E-state index contributed by atoms with van der Waals surface area (Å²) in [5.74, 6) is -2.15. The fourth-order valence-electron chi connectivity index (χ4n) is 2.66. The van der Waals surface area contributed by atoms with Gasteiger partial charge in [-0.25, -0.2) is 9.78 Å². The summed E-state index contributed by atoms with van der Waals surface area (Å²) >= 11 is 0. The molecule has 9 nitrogen and oxygen atoms in total. The number of carbonyl (C=O) groups excluding carboxylic acids is 2. The lowest BCUT2D eigenvalue weighted by molar-refractivity contribution is -0.143. The number of nitrogens with one attached hydrogen (secondary N) is 3. The zero-order valence-corrected chi connectivity index (χ0v) is 16.4. The standard InChI is InChI=1S/C18H31N5O4/c1-5-11(4)15(18(26)27)23-17(25)14(7-12-8-20-9-21-12)22-16(24)13(19)6-10(2)3/h8-11,13-15H,5-7,19H2,1-4H3,(H,20,21)(H,22,24)(H,23,25)(H,26,27). The van der Waals surface area contributed by atoms with E-state index in [-0.39, 0.29) is 18.3 Å². The topological polar surface area (TPSA) is 150 Å². The van der Waals surface area contributed by atoms with E-state index >= 15 is 0 Å². The first-order chi connectivity index (χ1) is 12.6. The van der Waals surface area contributed by atoms with Gasteiger partial charge in [-0.2, -0.15) is 0 Å². The van der Waals surface area contributed by atoms with Gasteiger partial charge in [0.2, 0.25) is 11.8 Å². The molecule has 6 N–H and O–H groups in total. The summed E-state index contributed by atoms with van der Waals surface area (Å²) in [5, 5.41) is 14.6. The highest BCUT2D eigenvalue weighted by Gasteiger charge is 2.30. The molecule has 1 rings (SSSR count). The molecule has 0 bridgehead atoms. The number of carbonyl (C=O) groups is 3. The maximum absolute atomic E-state index is 12.7. The van der Waals surface area contributed by atoms with Crippen LogP contribution >= 0.6 is 0 Å². The number of carboxylic acid groups (broad SMARTS) is 1. The van der Waals surface area contributed by atoms with E-state index in [1.807, 2.05) is 20.8 Å². The first-order valence-corrected chi connectivity index (χ1v) is 9.22. The number of hydrogen-bond acceptors (Lipinski definition) is 5. The van der Waals surface area contributed by atoms with Crippen LogP contribution in [-0.2, 0) is 20.8 Å². The number of aliphatic carboxylic acids is 1. The molecule has 0 saturated heterocycles. The third-order valence-corrected chi connectivity index (χ3v) is 4.45. The zero-order valence-electron chi connectivity index (χ0n) is 16.4. The molecule has 1 heterocycles. The SMILES string of the molecule is CCC(C)C(NC(=O)C(Cc1cnc[nH]1)NC(=O)C(N)CC(C)C)C(=O)O. The third-order valence-electron chi connectivity index (χ3n) is 4.45. The monoisotopic (exact) mass is 381 g/mol. The summed E-state index contributed by atoms with van der Waals surface area (Å²) in [6, 6.07) is -2.73. The minimum absolute atomic E-state index is 0.152. The minimum atomic E-state index is -1.11. The molecule has 1 aromatic heterocycles. The molecule has 0 saturated carbocycles. The predicted octanol–water partition coefficient (Wildman–Crippen LogP) is 0.426. The van der Waals surface area contributed by atoms with Crippen LogP contribution in [0.15, 0.2) is 12.5 Å². The Labute approximate surface area is 159 Å². The molecule has 0 aliphatic carbocycles. The Balaban J connectivity index is 2.91. The number of rotatable bonds is 11. The van der Waals surface area contributed by atoms with Crippen molar-refractivity contribution < 1.29 is 19.5 Å². The van der Waals surface area contributed by atoms with Crippen molar-refractivity contribution in [1.29, 1.82) is 0 Å². The molecule has 0 aliphatic heterocycles. The lowest BCUT2D eigenvalue weighted by atomic mass is 9.98. The van der Waals surface area contributed by atoms with Crippen molar-refractivity contribution in [1.82, 2.24) is 20.6 Å². The first-order valence-electron chi connectivity index (χ1n) is 9.22. The third kappa shape index (κ3) is 7.38. The van der Waals surface area contributed by atoms with E-state index in [9.17, 15) is 19.5 Å². The van der Waals surface area contributed by atoms with Gasteiger partial charge in [-0.1, -0.05) is 34.1 Å². The smallest absolute Gasteiger partial charge is 0.326 e. The highest BCUT2D eigenvalue weighted by atomic mass is 16.4. The van der Waals surface area contributed by atoms with Gasteiger partial charge in [0.25, 0.3) is 0 Å². The van der Waals surface area contributed by atoms with Crippen LogP contribution in [0.3, 0.4) is 0 Å². The van der Waals surface area contributed by atoms with Gasteiger partial charge in [-0.3, -0.25) is 9.59 Å². The molecule has 2 amide bonds.